The predicted octanol–water partition coefficient (Wildman–Crippen LogP) is 0.299. The summed E-state index contributed by atoms with van der Waals surface area (Å²) in [6.45, 7) is 3.85. The van der Waals surface area contributed by atoms with Crippen LogP contribution in [0.1, 0.15) is 30.6 Å². The molecule has 2 fully saturated rings. The summed E-state index contributed by atoms with van der Waals surface area (Å²) in [5, 5.41) is 49.1. The van der Waals surface area contributed by atoms with Crippen LogP contribution in [0.25, 0.3) is 0 Å². The van der Waals surface area contributed by atoms with Gasteiger partial charge in [-0.05, 0) is 24.6 Å². The molecule has 0 radical (unpaired) electrons. The number of β-lactam (4-membered cyclic amide) rings is 1. The van der Waals surface area contributed by atoms with E-state index >= 15 is 0 Å². The lowest BCUT2D eigenvalue weighted by molar-refractivity contribution is -0.163. The third-order valence-electron chi connectivity index (χ3n) is 7.24. The van der Waals surface area contributed by atoms with E-state index in [9.17, 15) is 44.3 Å². The van der Waals surface area contributed by atoms with Crippen LogP contribution in [0.15, 0.2) is 23.4 Å². The second-order valence-corrected chi connectivity index (χ2v) is 9.38. The Hall–Kier alpha value is -3.02. The van der Waals surface area contributed by atoms with Gasteiger partial charge in [0.2, 0.25) is 5.91 Å². The highest BCUT2D eigenvalue weighted by molar-refractivity contribution is 6.00. The Morgan fingerprint density at radius 3 is 2.53 bits per heavy atom. The normalized spacial score (nSPS) is 29.9. The highest BCUT2D eigenvalue weighted by atomic mass is 19.1. The number of β-amino-alcohol motifs (C(OH)–C–C–N with tert-alkyl or cyclic N) is 1. The number of carboxylic acids is 1. The summed E-state index contributed by atoms with van der Waals surface area (Å²) < 4.78 is 14.2. The standard InChI is InChI=1S/C23H27FN2O8/c1-9-13(20(23(33)34)26-19(9)17(10(2)27)22(26)32)7-25-6-11(16(30)8-25)5-15(29)12-3-4-14(28)21(31)18(12)24/h3-4,9-11,16-17,19,27-28,30-31H,5-8H2,1-2H3,(H,33,34)/t9-,10+,11?,16-,17+,19+/m0/s1. The molecular weight excluding hydrogens is 451 g/mol. The second-order valence-electron chi connectivity index (χ2n) is 9.38. The fourth-order valence-electron chi connectivity index (χ4n) is 5.48. The molecule has 3 heterocycles. The summed E-state index contributed by atoms with van der Waals surface area (Å²) >= 11 is 0. The number of hydrogen-bond donors (Lipinski definition) is 5. The van der Waals surface area contributed by atoms with Gasteiger partial charge in [0.25, 0.3) is 0 Å². The van der Waals surface area contributed by atoms with Gasteiger partial charge in [-0.1, -0.05) is 6.92 Å². The number of aliphatic carboxylic acids is 1. The Morgan fingerprint density at radius 2 is 1.91 bits per heavy atom. The fraction of sp³-hybridized carbons (Fsp3) is 0.522. The van der Waals surface area contributed by atoms with Gasteiger partial charge in [0.05, 0.1) is 29.7 Å². The molecule has 0 aliphatic carbocycles. The van der Waals surface area contributed by atoms with E-state index in [-0.39, 0.29) is 37.7 Å². The number of likely N-dealkylation sites (tertiary alicyclic amines) is 1. The van der Waals surface area contributed by atoms with E-state index in [1.165, 1.54) is 11.8 Å². The molecule has 0 saturated carbocycles. The van der Waals surface area contributed by atoms with Gasteiger partial charge in [0.1, 0.15) is 5.70 Å². The van der Waals surface area contributed by atoms with Crippen molar-refractivity contribution in [3.8, 4) is 11.5 Å². The highest BCUT2D eigenvalue weighted by Crippen LogP contribution is 2.47. The van der Waals surface area contributed by atoms with E-state index in [0.717, 1.165) is 12.1 Å². The SMILES string of the molecule is C[C@@H](O)[C@H]1C(=O)N2C(C(=O)O)=C(CN3CC(CC(=O)c4ccc(O)c(O)c4F)[C@@H](O)C3)[C@H](C)[C@H]12. The molecule has 4 rings (SSSR count). The van der Waals surface area contributed by atoms with Gasteiger partial charge in [0.15, 0.2) is 23.1 Å². The van der Waals surface area contributed by atoms with Crippen LogP contribution in [-0.4, -0.2) is 90.9 Å². The Labute approximate surface area is 194 Å². The largest absolute Gasteiger partial charge is 0.504 e. The first-order valence-corrected chi connectivity index (χ1v) is 11.1. The third kappa shape index (κ3) is 3.73. The minimum absolute atomic E-state index is 0.102. The summed E-state index contributed by atoms with van der Waals surface area (Å²) in [7, 11) is 0. The molecule has 10 nitrogen and oxygen atoms in total. The maximum atomic E-state index is 14.2. The third-order valence-corrected chi connectivity index (χ3v) is 7.24. The number of fused-ring (bicyclic) bond motifs is 1. The Balaban J connectivity index is 1.48. The molecule has 184 valence electrons. The molecule has 34 heavy (non-hydrogen) atoms. The van der Waals surface area contributed by atoms with Gasteiger partial charge in [-0.3, -0.25) is 14.5 Å². The number of rotatable bonds is 7. The van der Waals surface area contributed by atoms with E-state index in [4.69, 9.17) is 0 Å². The number of carboxylic acid groups (broad SMARTS) is 1. The Kier molecular flexibility index (Phi) is 6.13. The van der Waals surface area contributed by atoms with Crippen molar-refractivity contribution in [2.24, 2.45) is 17.8 Å². The average molecular weight is 478 g/mol. The van der Waals surface area contributed by atoms with Crippen LogP contribution in [0.3, 0.4) is 0 Å². The summed E-state index contributed by atoms with van der Waals surface area (Å²) in [5.41, 5.74) is 0.0195. The van der Waals surface area contributed by atoms with Crippen molar-refractivity contribution in [2.75, 3.05) is 19.6 Å². The van der Waals surface area contributed by atoms with Crippen molar-refractivity contribution in [3.05, 3.63) is 34.8 Å². The number of amides is 1. The average Bonchev–Trinajstić information content (AvgIpc) is 3.21. The van der Waals surface area contributed by atoms with Crippen molar-refractivity contribution in [3.63, 3.8) is 0 Å². The lowest BCUT2D eigenvalue weighted by atomic mass is 9.77. The zero-order chi connectivity index (χ0) is 25.1. The summed E-state index contributed by atoms with van der Waals surface area (Å²) in [6, 6.07) is 1.63. The fourth-order valence-corrected chi connectivity index (χ4v) is 5.48. The van der Waals surface area contributed by atoms with E-state index in [2.05, 4.69) is 0 Å². The van der Waals surface area contributed by atoms with Gasteiger partial charge in [-0.2, -0.15) is 0 Å². The van der Waals surface area contributed by atoms with Gasteiger partial charge in [-0.25, -0.2) is 9.18 Å². The molecule has 1 amide bonds. The summed E-state index contributed by atoms with van der Waals surface area (Å²) in [6.07, 6.45) is -2.04. The maximum Gasteiger partial charge on any atom is 0.352 e. The van der Waals surface area contributed by atoms with Crippen molar-refractivity contribution in [2.45, 2.75) is 38.5 Å². The molecule has 3 aliphatic heterocycles. The first-order valence-electron chi connectivity index (χ1n) is 11.1. The number of benzene rings is 1. The number of carbonyl (C=O) groups excluding carboxylic acids is 2. The van der Waals surface area contributed by atoms with Crippen LogP contribution < -0.4 is 0 Å². The number of Topliss-reactive ketones (excluding diaryl/α,β-unsaturated/α-hetero) is 1. The number of phenols is 2. The first kappa shape index (κ1) is 24.1. The lowest BCUT2D eigenvalue weighted by Gasteiger charge is -2.46. The van der Waals surface area contributed by atoms with E-state index in [1.54, 1.807) is 11.8 Å². The number of aliphatic hydroxyl groups is 2. The van der Waals surface area contributed by atoms with Crippen molar-refractivity contribution in [1.82, 2.24) is 9.80 Å². The van der Waals surface area contributed by atoms with Gasteiger partial charge in [0, 0.05) is 37.9 Å². The minimum Gasteiger partial charge on any atom is -0.504 e. The smallest absolute Gasteiger partial charge is 0.352 e. The monoisotopic (exact) mass is 478 g/mol. The van der Waals surface area contributed by atoms with E-state index in [1.807, 2.05) is 0 Å². The number of aromatic hydroxyl groups is 2. The molecule has 1 aromatic carbocycles. The molecule has 2 saturated heterocycles. The molecule has 11 heteroatoms. The lowest BCUT2D eigenvalue weighted by Crippen LogP contribution is -2.63. The number of ketones is 1. The molecule has 1 unspecified atom stereocenters. The topological polar surface area (TPSA) is 159 Å². The zero-order valence-electron chi connectivity index (χ0n) is 18.7. The van der Waals surface area contributed by atoms with Crippen LogP contribution in [0, 0.1) is 23.6 Å². The minimum atomic E-state index is -1.24. The number of nitrogens with zero attached hydrogens (tertiary/aromatic N) is 2. The Bertz CT molecular complexity index is 1090. The summed E-state index contributed by atoms with van der Waals surface area (Å²) in [4.78, 5) is 40.0. The number of phenolic OH excluding ortho intramolecular Hbond substituents is 2. The van der Waals surface area contributed by atoms with Crippen LogP contribution in [0.4, 0.5) is 4.39 Å². The van der Waals surface area contributed by atoms with Gasteiger partial charge >= 0.3 is 5.97 Å². The number of aliphatic hydroxyl groups excluding tert-OH is 2. The van der Waals surface area contributed by atoms with Gasteiger partial charge in [-0.15, -0.1) is 0 Å². The van der Waals surface area contributed by atoms with Crippen LogP contribution in [0.5, 0.6) is 11.5 Å². The molecule has 0 bridgehead atoms. The number of carbonyl (C=O) groups is 3. The Morgan fingerprint density at radius 1 is 1.24 bits per heavy atom. The van der Waals surface area contributed by atoms with Gasteiger partial charge < -0.3 is 30.4 Å². The summed E-state index contributed by atoms with van der Waals surface area (Å²) in [5.74, 6) is -6.78. The maximum absolute atomic E-state index is 14.2. The highest BCUT2D eigenvalue weighted by Gasteiger charge is 2.60. The van der Waals surface area contributed by atoms with Crippen LogP contribution in [0.2, 0.25) is 0 Å². The molecule has 5 N–H and O–H groups in total. The molecule has 0 spiro atoms. The predicted molar refractivity (Wildman–Crippen MR) is 114 cm³/mol. The second kappa shape index (κ2) is 8.64. The quantitative estimate of drug-likeness (QED) is 0.211. The molecular formula is C23H27FN2O8. The molecule has 0 aromatic heterocycles. The molecule has 1 aromatic rings. The van der Waals surface area contributed by atoms with Crippen molar-refractivity contribution < 1.29 is 44.3 Å². The molecule has 6 atom stereocenters. The van der Waals surface area contributed by atoms with Crippen molar-refractivity contribution >= 4 is 17.7 Å². The van der Waals surface area contributed by atoms with Crippen LogP contribution in [-0.2, 0) is 9.59 Å². The van der Waals surface area contributed by atoms with E-state index < -0.39 is 70.6 Å². The number of halogens is 1. The van der Waals surface area contributed by atoms with E-state index in [0.29, 0.717) is 5.57 Å². The number of hydrogen-bond acceptors (Lipinski definition) is 8. The molecule has 3 aliphatic rings. The van der Waals surface area contributed by atoms with Crippen molar-refractivity contribution in [1.29, 1.82) is 0 Å². The van der Waals surface area contributed by atoms with Crippen LogP contribution >= 0.6 is 0 Å². The first-order chi connectivity index (χ1) is 15.9. The zero-order valence-corrected chi connectivity index (χ0v) is 18.7.